The molecule has 1 heteroatoms. The molecule has 0 N–H and O–H groups in total. The van der Waals surface area contributed by atoms with Crippen LogP contribution in [0.25, 0.3) is 0 Å². The zero-order chi connectivity index (χ0) is 10.2. The van der Waals surface area contributed by atoms with E-state index in [1.807, 2.05) is 0 Å². The summed E-state index contributed by atoms with van der Waals surface area (Å²) in [5.41, 5.74) is 0. The maximum atomic E-state index is 2.38. The average Bonchev–Trinajstić information content (AvgIpc) is 2.25. The second kappa shape index (κ2) is 9.91. The van der Waals surface area contributed by atoms with Crippen molar-refractivity contribution in [3.63, 3.8) is 0 Å². The third-order valence-electron chi connectivity index (χ3n) is 3.41. The van der Waals surface area contributed by atoms with Crippen LogP contribution in [0.1, 0.15) is 58.8 Å². The van der Waals surface area contributed by atoms with Gasteiger partial charge >= 0.3 is 0 Å². The molecule has 0 aromatic rings. The molecule has 0 bridgehead atoms. The molecule has 0 nitrogen and oxygen atoms in total. The smallest absolute Gasteiger partial charge is 0 e. The fourth-order valence-electron chi connectivity index (χ4n) is 2.10. The van der Waals surface area contributed by atoms with E-state index in [1.165, 1.54) is 44.9 Å². The quantitative estimate of drug-likeness (QED) is 0.638. The Bertz CT molecular complexity index is 157. The molecule has 0 amide bonds. The Morgan fingerprint density at radius 3 is 2.53 bits per heavy atom. The van der Waals surface area contributed by atoms with Gasteiger partial charge in [-0.2, -0.15) is 0 Å². The second-order valence-corrected chi connectivity index (χ2v) is 4.75. The molecule has 1 aliphatic carbocycles. The van der Waals surface area contributed by atoms with Gasteiger partial charge in [-0.3, -0.25) is 0 Å². The summed E-state index contributed by atoms with van der Waals surface area (Å²) in [5, 5.41) is 0. The van der Waals surface area contributed by atoms with Gasteiger partial charge in [0.1, 0.15) is 0 Å². The Hall–Kier alpha value is 0.714. The first kappa shape index (κ1) is 15.7. The van der Waals surface area contributed by atoms with Gasteiger partial charge in [-0.25, -0.2) is 18.6 Å². The van der Waals surface area contributed by atoms with Crippen molar-refractivity contribution in [3.05, 3.63) is 18.6 Å². The van der Waals surface area contributed by atoms with Crippen LogP contribution in [0.15, 0.2) is 12.2 Å². The van der Waals surface area contributed by atoms with E-state index in [2.05, 4.69) is 32.4 Å². The second-order valence-electron chi connectivity index (χ2n) is 4.75. The van der Waals surface area contributed by atoms with Crippen LogP contribution < -0.4 is 0 Å². The molecule has 0 aromatic carbocycles. The third kappa shape index (κ3) is 7.58. The van der Waals surface area contributed by atoms with E-state index < -0.39 is 0 Å². The minimum atomic E-state index is 0. The Balaban J connectivity index is 0.00000196. The van der Waals surface area contributed by atoms with E-state index in [0.717, 1.165) is 11.8 Å². The van der Waals surface area contributed by atoms with Crippen LogP contribution in [0.4, 0.5) is 0 Å². The van der Waals surface area contributed by atoms with E-state index in [9.17, 15) is 0 Å². The summed E-state index contributed by atoms with van der Waals surface area (Å²) in [6.07, 6.45) is 16.9. The molecule has 1 rings (SSSR count). The topological polar surface area (TPSA) is 0 Å². The van der Waals surface area contributed by atoms with E-state index in [0.29, 0.717) is 0 Å². The normalized spacial score (nSPS) is 19.9. The molecule has 1 radical (unpaired) electrons. The molecule has 0 aliphatic heterocycles. The van der Waals surface area contributed by atoms with Gasteiger partial charge in [0.25, 0.3) is 0 Å². The van der Waals surface area contributed by atoms with Crippen LogP contribution in [0.5, 0.6) is 0 Å². The van der Waals surface area contributed by atoms with Crippen molar-refractivity contribution in [2.75, 3.05) is 0 Å². The van der Waals surface area contributed by atoms with Crippen LogP contribution in [0, 0.1) is 18.3 Å². The summed E-state index contributed by atoms with van der Waals surface area (Å²) >= 11 is 0. The Kier molecular flexibility index (Phi) is 10.4. The molecule has 1 aliphatic rings. The van der Waals surface area contributed by atoms with E-state index >= 15 is 0 Å². The standard InChI is InChI=1S/C14H25.Y/c1-3-13(2)9-7-8-12-14-10-5-4-6-11-14;/h7-9,13-14H,3-6,10-12H2,1-2H3;/q-1;/b8-7+;. The van der Waals surface area contributed by atoms with E-state index in [-0.39, 0.29) is 32.7 Å². The fraction of sp³-hybridized carbons (Fsp3) is 0.786. The minimum Gasteiger partial charge on any atom is -0.232 e. The van der Waals surface area contributed by atoms with Gasteiger partial charge in [-0.15, -0.1) is 0 Å². The zero-order valence-electron chi connectivity index (χ0n) is 10.4. The summed E-state index contributed by atoms with van der Waals surface area (Å²) in [7, 11) is 0. The maximum absolute atomic E-state index is 2.38. The minimum absolute atomic E-state index is 0. The van der Waals surface area contributed by atoms with Gasteiger partial charge in [0, 0.05) is 32.7 Å². The van der Waals surface area contributed by atoms with Gasteiger partial charge in [-0.1, -0.05) is 70.6 Å². The predicted octanol–water partition coefficient (Wildman–Crippen LogP) is 4.76. The van der Waals surface area contributed by atoms with Gasteiger partial charge < -0.3 is 0 Å². The Morgan fingerprint density at radius 1 is 1.27 bits per heavy atom. The third-order valence-corrected chi connectivity index (χ3v) is 3.41. The van der Waals surface area contributed by atoms with Crippen molar-refractivity contribution in [1.29, 1.82) is 0 Å². The fourth-order valence-corrected chi connectivity index (χ4v) is 2.10. The molecule has 0 saturated heterocycles. The number of rotatable bonds is 5. The van der Waals surface area contributed by atoms with Gasteiger partial charge in [-0.05, 0) is 0 Å². The molecule has 85 valence electrons. The van der Waals surface area contributed by atoms with Crippen molar-refractivity contribution in [1.82, 2.24) is 0 Å². The van der Waals surface area contributed by atoms with Crippen molar-refractivity contribution >= 4 is 0 Å². The predicted molar refractivity (Wildman–Crippen MR) is 64.1 cm³/mol. The Morgan fingerprint density at radius 2 is 1.93 bits per heavy atom. The molecule has 0 aromatic heterocycles. The Labute approximate surface area is 121 Å². The summed E-state index contributed by atoms with van der Waals surface area (Å²) in [5.74, 6) is 1.74. The first-order chi connectivity index (χ1) is 6.83. The summed E-state index contributed by atoms with van der Waals surface area (Å²) < 4.78 is 0. The molecule has 1 fully saturated rings. The first-order valence-electron chi connectivity index (χ1n) is 6.33. The SMILES string of the molecule is CCC(C)[CH-]/C=C/CC1CCCCC1.[Y]. The van der Waals surface area contributed by atoms with Crippen LogP contribution in [-0.4, -0.2) is 0 Å². The number of hydrogen-bond acceptors (Lipinski definition) is 0. The molecule has 15 heavy (non-hydrogen) atoms. The van der Waals surface area contributed by atoms with Crippen LogP contribution >= 0.6 is 0 Å². The number of allylic oxidation sites excluding steroid dienone is 2. The van der Waals surface area contributed by atoms with E-state index in [4.69, 9.17) is 0 Å². The van der Waals surface area contributed by atoms with Crippen LogP contribution in [-0.2, 0) is 32.7 Å². The van der Waals surface area contributed by atoms with Gasteiger partial charge in [0.2, 0.25) is 0 Å². The van der Waals surface area contributed by atoms with Crippen molar-refractivity contribution in [2.24, 2.45) is 11.8 Å². The number of hydrogen-bond donors (Lipinski definition) is 0. The molecular formula is C14H25Y-. The molecule has 0 heterocycles. The summed E-state index contributed by atoms with van der Waals surface area (Å²) in [6, 6.07) is 0. The zero-order valence-corrected chi connectivity index (χ0v) is 13.3. The van der Waals surface area contributed by atoms with Gasteiger partial charge in [0.15, 0.2) is 0 Å². The summed E-state index contributed by atoms with van der Waals surface area (Å²) in [4.78, 5) is 0. The molecular weight excluding hydrogens is 257 g/mol. The van der Waals surface area contributed by atoms with E-state index in [1.54, 1.807) is 0 Å². The largest absolute Gasteiger partial charge is 0.232 e. The summed E-state index contributed by atoms with van der Waals surface area (Å²) in [6.45, 7) is 4.53. The molecule has 1 saturated carbocycles. The molecule has 1 unspecified atom stereocenters. The van der Waals surface area contributed by atoms with Gasteiger partial charge in [0.05, 0.1) is 0 Å². The molecule has 0 spiro atoms. The van der Waals surface area contributed by atoms with Crippen molar-refractivity contribution in [3.8, 4) is 0 Å². The average molecular weight is 282 g/mol. The van der Waals surface area contributed by atoms with Crippen molar-refractivity contribution < 1.29 is 32.7 Å². The van der Waals surface area contributed by atoms with Crippen LogP contribution in [0.3, 0.4) is 0 Å². The molecule has 1 atom stereocenters. The first-order valence-corrected chi connectivity index (χ1v) is 6.33. The monoisotopic (exact) mass is 282 g/mol. The van der Waals surface area contributed by atoms with Crippen LogP contribution in [0.2, 0.25) is 0 Å². The van der Waals surface area contributed by atoms with Crippen molar-refractivity contribution in [2.45, 2.75) is 58.8 Å². The maximum Gasteiger partial charge on any atom is 0 e.